The standard InChI is InChI=1S/C10H7BrClF3O3/c11-6-3-5(12)1-2-7(6)18-8(4-9(16)17)10(13,14)15/h1-3,8H,4H2,(H,16,17). The number of rotatable bonds is 4. The highest BCUT2D eigenvalue weighted by Crippen LogP contribution is 2.33. The lowest BCUT2D eigenvalue weighted by Crippen LogP contribution is -2.36. The molecule has 0 aliphatic rings. The summed E-state index contributed by atoms with van der Waals surface area (Å²) in [6.45, 7) is 0. The van der Waals surface area contributed by atoms with Crippen LogP contribution in [0, 0.1) is 0 Å². The maximum atomic E-state index is 12.5. The number of alkyl halides is 3. The molecule has 0 bridgehead atoms. The molecule has 1 aromatic carbocycles. The van der Waals surface area contributed by atoms with Crippen molar-refractivity contribution >= 4 is 33.5 Å². The SMILES string of the molecule is O=C(O)CC(Oc1ccc(Cl)cc1Br)C(F)(F)F. The maximum absolute atomic E-state index is 12.5. The van der Waals surface area contributed by atoms with E-state index in [1.54, 1.807) is 0 Å². The van der Waals surface area contributed by atoms with Crippen LogP contribution in [-0.4, -0.2) is 23.4 Å². The summed E-state index contributed by atoms with van der Waals surface area (Å²) in [6, 6.07) is 3.92. The molecule has 0 aromatic heterocycles. The van der Waals surface area contributed by atoms with E-state index in [1.807, 2.05) is 0 Å². The number of benzene rings is 1. The van der Waals surface area contributed by atoms with E-state index in [0.29, 0.717) is 5.02 Å². The van der Waals surface area contributed by atoms with E-state index in [4.69, 9.17) is 16.7 Å². The van der Waals surface area contributed by atoms with E-state index in [2.05, 4.69) is 20.7 Å². The van der Waals surface area contributed by atoms with Crippen LogP contribution in [0.25, 0.3) is 0 Å². The van der Waals surface area contributed by atoms with E-state index >= 15 is 0 Å². The first kappa shape index (κ1) is 15.1. The normalized spacial score (nSPS) is 13.2. The van der Waals surface area contributed by atoms with Crippen molar-refractivity contribution in [3.8, 4) is 5.75 Å². The summed E-state index contributed by atoms with van der Waals surface area (Å²) in [6.07, 6.45) is -8.34. The molecule has 18 heavy (non-hydrogen) atoms. The second-order valence-corrected chi connectivity index (χ2v) is 4.61. The van der Waals surface area contributed by atoms with E-state index < -0.39 is 24.7 Å². The Bertz CT molecular complexity index is 450. The Balaban J connectivity index is 2.92. The second kappa shape index (κ2) is 5.79. The molecule has 0 radical (unpaired) electrons. The van der Waals surface area contributed by atoms with Gasteiger partial charge in [-0.2, -0.15) is 13.2 Å². The molecule has 1 unspecified atom stereocenters. The van der Waals surface area contributed by atoms with Gasteiger partial charge in [0.05, 0.1) is 10.9 Å². The smallest absolute Gasteiger partial charge is 0.426 e. The molecule has 0 saturated carbocycles. The molecule has 8 heteroatoms. The molecule has 0 aliphatic heterocycles. The zero-order valence-electron chi connectivity index (χ0n) is 8.67. The molecule has 0 aliphatic carbocycles. The van der Waals surface area contributed by atoms with Crippen LogP contribution in [0.1, 0.15) is 6.42 Å². The molecular formula is C10H7BrClF3O3. The van der Waals surface area contributed by atoms with Gasteiger partial charge in [0.15, 0.2) is 0 Å². The highest BCUT2D eigenvalue weighted by molar-refractivity contribution is 9.10. The average molecular weight is 348 g/mol. The minimum absolute atomic E-state index is 0.122. The molecule has 1 aromatic rings. The van der Waals surface area contributed by atoms with Gasteiger partial charge in [0, 0.05) is 5.02 Å². The van der Waals surface area contributed by atoms with Crippen LogP contribution in [0.5, 0.6) is 5.75 Å². The second-order valence-electron chi connectivity index (χ2n) is 3.32. The van der Waals surface area contributed by atoms with Crippen molar-refractivity contribution in [2.45, 2.75) is 18.7 Å². The van der Waals surface area contributed by atoms with Crippen molar-refractivity contribution in [1.29, 1.82) is 0 Å². The first-order chi connectivity index (χ1) is 8.20. The van der Waals surface area contributed by atoms with Crippen molar-refractivity contribution in [1.82, 2.24) is 0 Å². The topological polar surface area (TPSA) is 46.5 Å². The van der Waals surface area contributed by atoms with Gasteiger partial charge in [0.2, 0.25) is 6.10 Å². The van der Waals surface area contributed by atoms with Gasteiger partial charge in [-0.1, -0.05) is 11.6 Å². The number of carboxylic acids is 1. The van der Waals surface area contributed by atoms with Crippen LogP contribution in [0.3, 0.4) is 0 Å². The van der Waals surface area contributed by atoms with E-state index in [-0.39, 0.29) is 10.2 Å². The third kappa shape index (κ3) is 4.38. The van der Waals surface area contributed by atoms with Crippen LogP contribution < -0.4 is 4.74 Å². The molecule has 1 N–H and O–H groups in total. The minimum Gasteiger partial charge on any atom is -0.481 e. The van der Waals surface area contributed by atoms with Gasteiger partial charge in [-0.15, -0.1) is 0 Å². The number of carboxylic acid groups (broad SMARTS) is 1. The molecule has 100 valence electrons. The quantitative estimate of drug-likeness (QED) is 0.899. The van der Waals surface area contributed by atoms with Crippen molar-refractivity contribution in [3.05, 3.63) is 27.7 Å². The van der Waals surface area contributed by atoms with E-state index in [1.165, 1.54) is 18.2 Å². The first-order valence-electron chi connectivity index (χ1n) is 4.60. The largest absolute Gasteiger partial charge is 0.481 e. The highest BCUT2D eigenvalue weighted by Gasteiger charge is 2.43. The summed E-state index contributed by atoms with van der Waals surface area (Å²) in [5, 5.41) is 8.74. The van der Waals surface area contributed by atoms with Gasteiger partial charge in [-0.05, 0) is 34.1 Å². The van der Waals surface area contributed by atoms with Gasteiger partial charge in [-0.3, -0.25) is 4.79 Å². The minimum atomic E-state index is -4.77. The Hall–Kier alpha value is -0.950. The van der Waals surface area contributed by atoms with E-state index in [9.17, 15) is 18.0 Å². The van der Waals surface area contributed by atoms with Crippen molar-refractivity contribution in [3.63, 3.8) is 0 Å². The summed E-state index contributed by atoms with van der Waals surface area (Å²) < 4.78 is 42.5. The van der Waals surface area contributed by atoms with E-state index in [0.717, 1.165) is 0 Å². The fourth-order valence-electron chi connectivity index (χ4n) is 1.11. The third-order valence-electron chi connectivity index (χ3n) is 1.89. The van der Waals surface area contributed by atoms with Crippen LogP contribution in [0.2, 0.25) is 5.02 Å². The highest BCUT2D eigenvalue weighted by atomic mass is 79.9. The van der Waals surface area contributed by atoms with Gasteiger partial charge in [0.25, 0.3) is 0 Å². The molecule has 0 saturated heterocycles. The van der Waals surface area contributed by atoms with Gasteiger partial charge in [0.1, 0.15) is 5.75 Å². The van der Waals surface area contributed by atoms with Gasteiger partial charge < -0.3 is 9.84 Å². The van der Waals surface area contributed by atoms with Crippen LogP contribution in [0.4, 0.5) is 13.2 Å². The predicted octanol–water partition coefficient (Wildman–Crippen LogP) is 3.89. The zero-order chi connectivity index (χ0) is 13.9. The van der Waals surface area contributed by atoms with Crippen molar-refractivity contribution in [2.75, 3.05) is 0 Å². The van der Waals surface area contributed by atoms with Crippen molar-refractivity contribution in [2.24, 2.45) is 0 Å². The number of carbonyl (C=O) groups is 1. The summed E-state index contributed by atoms with van der Waals surface area (Å²) in [5.74, 6) is -1.72. The zero-order valence-corrected chi connectivity index (χ0v) is 11.0. The predicted molar refractivity (Wildman–Crippen MR) is 61.9 cm³/mol. The Kier molecular flexibility index (Phi) is 4.86. The lowest BCUT2D eigenvalue weighted by molar-refractivity contribution is -0.200. The molecular weight excluding hydrogens is 340 g/mol. The first-order valence-corrected chi connectivity index (χ1v) is 5.77. The molecule has 0 spiro atoms. The molecule has 3 nitrogen and oxygen atoms in total. The summed E-state index contributed by atoms with van der Waals surface area (Å²) >= 11 is 8.61. The van der Waals surface area contributed by atoms with Crippen molar-refractivity contribution < 1.29 is 27.8 Å². The third-order valence-corrected chi connectivity index (χ3v) is 2.74. The molecule has 1 atom stereocenters. The molecule has 0 heterocycles. The Morgan fingerprint density at radius 1 is 1.50 bits per heavy atom. The Labute approximate surface area is 114 Å². The maximum Gasteiger partial charge on any atom is 0.426 e. The molecule has 1 rings (SSSR count). The average Bonchev–Trinajstić information content (AvgIpc) is 2.18. The lowest BCUT2D eigenvalue weighted by Gasteiger charge is -2.21. The summed E-state index contributed by atoms with van der Waals surface area (Å²) in [5.41, 5.74) is 0. The fourth-order valence-corrected chi connectivity index (χ4v) is 1.88. The number of ether oxygens (including phenoxy) is 1. The monoisotopic (exact) mass is 346 g/mol. The van der Waals surface area contributed by atoms with Gasteiger partial charge >= 0.3 is 12.1 Å². The Morgan fingerprint density at radius 2 is 2.11 bits per heavy atom. The van der Waals surface area contributed by atoms with Crippen LogP contribution >= 0.6 is 27.5 Å². The number of hydrogen-bond acceptors (Lipinski definition) is 2. The number of aliphatic carboxylic acids is 1. The molecule has 0 amide bonds. The lowest BCUT2D eigenvalue weighted by atomic mass is 10.2. The van der Waals surface area contributed by atoms with Gasteiger partial charge in [-0.25, -0.2) is 0 Å². The van der Waals surface area contributed by atoms with Crippen LogP contribution in [-0.2, 0) is 4.79 Å². The fraction of sp³-hybridized carbons (Fsp3) is 0.300. The summed E-state index contributed by atoms with van der Waals surface area (Å²) in [4.78, 5) is 10.4. The molecule has 0 fully saturated rings. The summed E-state index contributed by atoms with van der Waals surface area (Å²) in [7, 11) is 0. The Morgan fingerprint density at radius 3 is 2.56 bits per heavy atom. The number of hydrogen-bond donors (Lipinski definition) is 1. The van der Waals surface area contributed by atoms with Crippen LogP contribution in [0.15, 0.2) is 22.7 Å². The number of halogens is 5.